The van der Waals surface area contributed by atoms with Gasteiger partial charge in [-0.1, -0.05) is 40.0 Å². The van der Waals surface area contributed by atoms with E-state index in [2.05, 4.69) is 18.3 Å². The Morgan fingerprint density at radius 1 is 1.25 bits per heavy atom. The summed E-state index contributed by atoms with van der Waals surface area (Å²) >= 11 is 0. The molecule has 16 heavy (non-hydrogen) atoms. The van der Waals surface area contributed by atoms with Gasteiger partial charge in [0.15, 0.2) is 0 Å². The molecule has 3 nitrogen and oxygen atoms in total. The van der Waals surface area contributed by atoms with Crippen LogP contribution in [0.25, 0.3) is 0 Å². The number of hydrogen-bond donors (Lipinski definition) is 1. The minimum Gasteiger partial charge on any atom is -0.340 e. The molecule has 0 bridgehead atoms. The zero-order valence-electron chi connectivity index (χ0n) is 10.8. The van der Waals surface area contributed by atoms with Crippen molar-refractivity contribution in [2.24, 2.45) is 5.92 Å². The molecule has 0 spiro atoms. The van der Waals surface area contributed by atoms with Gasteiger partial charge in [0, 0.05) is 5.92 Å². The molecule has 0 radical (unpaired) electrons. The Kier molecular flexibility index (Phi) is 8.61. The third-order valence-corrected chi connectivity index (χ3v) is 2.82. The maximum atomic E-state index is 11.9. The minimum absolute atomic E-state index is 0.0518. The number of amides is 1. The van der Waals surface area contributed by atoms with E-state index in [1.807, 2.05) is 13.8 Å². The van der Waals surface area contributed by atoms with Gasteiger partial charge in [0.2, 0.25) is 5.91 Å². The molecule has 0 saturated heterocycles. The highest BCUT2D eigenvalue weighted by Crippen LogP contribution is 2.13. The summed E-state index contributed by atoms with van der Waals surface area (Å²) in [6.07, 6.45) is 5.65. The van der Waals surface area contributed by atoms with Crippen LogP contribution in [0.4, 0.5) is 0 Å². The number of nitrogens with one attached hydrogen (secondary N) is 1. The van der Waals surface area contributed by atoms with Crippen LogP contribution < -0.4 is 5.32 Å². The van der Waals surface area contributed by atoms with Gasteiger partial charge in [-0.3, -0.25) is 4.79 Å². The highest BCUT2D eigenvalue weighted by Gasteiger charge is 2.18. The van der Waals surface area contributed by atoms with Crippen molar-refractivity contribution in [1.29, 1.82) is 5.26 Å². The number of hydrogen-bond acceptors (Lipinski definition) is 2. The van der Waals surface area contributed by atoms with E-state index in [0.29, 0.717) is 0 Å². The number of nitriles is 1. The van der Waals surface area contributed by atoms with E-state index in [4.69, 9.17) is 5.26 Å². The second-order valence-electron chi connectivity index (χ2n) is 4.23. The van der Waals surface area contributed by atoms with Crippen molar-refractivity contribution in [3.63, 3.8) is 0 Å². The van der Waals surface area contributed by atoms with Crippen LogP contribution in [0, 0.1) is 17.2 Å². The molecule has 0 aliphatic heterocycles. The first-order valence-corrected chi connectivity index (χ1v) is 6.39. The highest BCUT2D eigenvalue weighted by molar-refractivity contribution is 5.79. The Morgan fingerprint density at radius 3 is 2.38 bits per heavy atom. The van der Waals surface area contributed by atoms with E-state index in [9.17, 15) is 4.79 Å². The van der Waals surface area contributed by atoms with Crippen molar-refractivity contribution >= 4 is 5.91 Å². The summed E-state index contributed by atoms with van der Waals surface area (Å²) in [6.45, 7) is 6.17. The highest BCUT2D eigenvalue weighted by atomic mass is 16.1. The number of rotatable bonds is 8. The van der Waals surface area contributed by atoms with Crippen LogP contribution in [-0.4, -0.2) is 11.9 Å². The van der Waals surface area contributed by atoms with E-state index in [0.717, 1.165) is 38.5 Å². The molecule has 0 fully saturated rings. The first kappa shape index (κ1) is 15.0. The van der Waals surface area contributed by atoms with Crippen molar-refractivity contribution in [2.75, 3.05) is 0 Å². The summed E-state index contributed by atoms with van der Waals surface area (Å²) in [6, 6.07) is 1.83. The molecule has 92 valence electrons. The normalized spacial score (nSPS) is 13.9. The molecule has 2 unspecified atom stereocenters. The Bertz CT molecular complexity index is 233. The smallest absolute Gasteiger partial charge is 0.224 e. The van der Waals surface area contributed by atoms with Gasteiger partial charge in [0.25, 0.3) is 0 Å². The fourth-order valence-electron chi connectivity index (χ4n) is 1.72. The first-order valence-electron chi connectivity index (χ1n) is 6.39. The Morgan fingerprint density at radius 2 is 1.94 bits per heavy atom. The maximum Gasteiger partial charge on any atom is 0.224 e. The molecule has 0 aromatic rings. The number of carbonyl (C=O) groups excluding carboxylic acids is 1. The lowest BCUT2D eigenvalue weighted by atomic mass is 9.98. The van der Waals surface area contributed by atoms with E-state index in [1.165, 1.54) is 0 Å². The van der Waals surface area contributed by atoms with Crippen LogP contribution in [-0.2, 0) is 4.79 Å². The average molecular weight is 224 g/mol. The Labute approximate surface area is 99.2 Å². The quantitative estimate of drug-likeness (QED) is 0.689. The molecule has 0 aliphatic carbocycles. The SMILES string of the molecule is CCCCC(CC)C(=O)NC(C#N)CCC. The predicted molar refractivity (Wildman–Crippen MR) is 65.8 cm³/mol. The molecule has 0 aromatic heterocycles. The van der Waals surface area contributed by atoms with Gasteiger partial charge in [-0.05, 0) is 19.3 Å². The average Bonchev–Trinajstić information content (AvgIpc) is 2.29. The van der Waals surface area contributed by atoms with Crippen molar-refractivity contribution in [3.05, 3.63) is 0 Å². The summed E-state index contributed by atoms with van der Waals surface area (Å²) in [5, 5.41) is 11.7. The predicted octanol–water partition coefficient (Wildman–Crippen LogP) is 3.01. The van der Waals surface area contributed by atoms with Crippen LogP contribution in [0.3, 0.4) is 0 Å². The largest absolute Gasteiger partial charge is 0.340 e. The third kappa shape index (κ3) is 5.75. The lowest BCUT2D eigenvalue weighted by Gasteiger charge is -2.17. The van der Waals surface area contributed by atoms with Crippen molar-refractivity contribution < 1.29 is 4.79 Å². The van der Waals surface area contributed by atoms with E-state index >= 15 is 0 Å². The molecule has 2 atom stereocenters. The van der Waals surface area contributed by atoms with Gasteiger partial charge in [-0.15, -0.1) is 0 Å². The zero-order chi connectivity index (χ0) is 12.4. The second-order valence-corrected chi connectivity index (χ2v) is 4.23. The van der Waals surface area contributed by atoms with Gasteiger partial charge in [0.1, 0.15) is 6.04 Å². The summed E-state index contributed by atoms with van der Waals surface area (Å²) in [5.41, 5.74) is 0. The van der Waals surface area contributed by atoms with Gasteiger partial charge >= 0.3 is 0 Å². The second kappa shape index (κ2) is 9.21. The van der Waals surface area contributed by atoms with Crippen LogP contribution in [0.5, 0.6) is 0 Å². The fourth-order valence-corrected chi connectivity index (χ4v) is 1.72. The zero-order valence-corrected chi connectivity index (χ0v) is 10.8. The molecular weight excluding hydrogens is 200 g/mol. The molecule has 0 rings (SSSR count). The van der Waals surface area contributed by atoms with Crippen molar-refractivity contribution in [2.45, 2.75) is 65.3 Å². The van der Waals surface area contributed by atoms with Gasteiger partial charge in [0.05, 0.1) is 6.07 Å². The summed E-state index contributed by atoms with van der Waals surface area (Å²) in [7, 11) is 0. The van der Waals surface area contributed by atoms with E-state index < -0.39 is 0 Å². The van der Waals surface area contributed by atoms with Gasteiger partial charge < -0.3 is 5.32 Å². The maximum absolute atomic E-state index is 11.9. The van der Waals surface area contributed by atoms with Crippen LogP contribution in [0.1, 0.15) is 59.3 Å². The number of carbonyl (C=O) groups is 1. The summed E-state index contributed by atoms with van der Waals surface area (Å²) in [4.78, 5) is 11.9. The molecule has 1 N–H and O–H groups in total. The fraction of sp³-hybridized carbons (Fsp3) is 0.846. The van der Waals surface area contributed by atoms with Crippen molar-refractivity contribution in [1.82, 2.24) is 5.32 Å². The number of nitrogens with zero attached hydrogens (tertiary/aromatic N) is 1. The summed E-state index contributed by atoms with van der Waals surface area (Å²) < 4.78 is 0. The molecule has 0 heterocycles. The van der Waals surface area contributed by atoms with Crippen LogP contribution in [0.15, 0.2) is 0 Å². The molecule has 0 aliphatic rings. The lowest BCUT2D eigenvalue weighted by molar-refractivity contribution is -0.125. The molecule has 0 saturated carbocycles. The Hall–Kier alpha value is -1.04. The Balaban J connectivity index is 4.13. The van der Waals surface area contributed by atoms with E-state index in [-0.39, 0.29) is 17.9 Å². The van der Waals surface area contributed by atoms with Crippen molar-refractivity contribution in [3.8, 4) is 6.07 Å². The lowest BCUT2D eigenvalue weighted by Crippen LogP contribution is -2.38. The third-order valence-electron chi connectivity index (χ3n) is 2.82. The molecule has 0 aromatic carbocycles. The molecule has 1 amide bonds. The first-order chi connectivity index (χ1) is 7.69. The van der Waals surface area contributed by atoms with Gasteiger partial charge in [-0.2, -0.15) is 5.26 Å². The molecule has 3 heteroatoms. The number of unbranched alkanes of at least 4 members (excludes halogenated alkanes) is 1. The van der Waals surface area contributed by atoms with E-state index in [1.54, 1.807) is 0 Å². The van der Waals surface area contributed by atoms with Gasteiger partial charge in [-0.25, -0.2) is 0 Å². The minimum atomic E-state index is -0.312. The van der Waals surface area contributed by atoms with Crippen LogP contribution >= 0.6 is 0 Å². The van der Waals surface area contributed by atoms with Crippen LogP contribution in [0.2, 0.25) is 0 Å². The topological polar surface area (TPSA) is 52.9 Å². The monoisotopic (exact) mass is 224 g/mol. The summed E-state index contributed by atoms with van der Waals surface area (Å²) in [5.74, 6) is 0.128. The molecular formula is C13H24N2O. The standard InChI is InChI=1S/C13H24N2O/c1-4-7-9-11(6-3)13(16)15-12(10-14)8-5-2/h11-12H,4-9H2,1-3H3,(H,15,16).